The SMILES string of the molecule is Cc1cccc(C)c1Nc1nn(C2CCCCC2)c2nc(Cl)ncc12. The molecule has 1 fully saturated rings. The Hall–Kier alpha value is -2.14. The van der Waals surface area contributed by atoms with E-state index in [0.717, 1.165) is 35.4 Å². The number of hydrogen-bond donors (Lipinski definition) is 1. The molecule has 0 saturated heterocycles. The molecule has 0 spiro atoms. The van der Waals surface area contributed by atoms with E-state index < -0.39 is 0 Å². The Morgan fingerprint density at radius 2 is 1.84 bits per heavy atom. The van der Waals surface area contributed by atoms with E-state index in [1.807, 2.05) is 0 Å². The number of aromatic nitrogens is 4. The maximum Gasteiger partial charge on any atom is 0.224 e. The summed E-state index contributed by atoms with van der Waals surface area (Å²) in [6.07, 6.45) is 7.84. The molecule has 2 heterocycles. The Morgan fingerprint density at radius 1 is 1.12 bits per heavy atom. The van der Waals surface area contributed by atoms with Gasteiger partial charge in [0, 0.05) is 11.9 Å². The fraction of sp³-hybridized carbons (Fsp3) is 0.421. The molecule has 130 valence electrons. The van der Waals surface area contributed by atoms with Crippen LogP contribution in [0, 0.1) is 13.8 Å². The first-order chi connectivity index (χ1) is 12.1. The van der Waals surface area contributed by atoms with Gasteiger partial charge in [0.25, 0.3) is 0 Å². The fourth-order valence-corrected chi connectivity index (χ4v) is 3.83. The third-order valence-electron chi connectivity index (χ3n) is 5.06. The smallest absolute Gasteiger partial charge is 0.224 e. The lowest BCUT2D eigenvalue weighted by Gasteiger charge is -2.22. The van der Waals surface area contributed by atoms with Gasteiger partial charge in [-0.1, -0.05) is 37.5 Å². The zero-order valence-corrected chi connectivity index (χ0v) is 15.3. The lowest BCUT2D eigenvalue weighted by molar-refractivity contribution is 0.336. The minimum absolute atomic E-state index is 0.267. The second-order valence-corrected chi connectivity index (χ2v) is 7.19. The minimum atomic E-state index is 0.267. The van der Waals surface area contributed by atoms with Gasteiger partial charge in [0.15, 0.2) is 11.5 Å². The molecule has 0 atom stereocenters. The average Bonchev–Trinajstić information content (AvgIpc) is 2.97. The normalized spacial score (nSPS) is 15.6. The molecule has 6 heteroatoms. The Labute approximate surface area is 152 Å². The Kier molecular flexibility index (Phi) is 4.34. The van der Waals surface area contributed by atoms with Crippen molar-refractivity contribution in [2.24, 2.45) is 0 Å². The second kappa shape index (κ2) is 6.64. The maximum absolute atomic E-state index is 6.07. The summed E-state index contributed by atoms with van der Waals surface area (Å²) in [6.45, 7) is 4.20. The number of nitrogens with one attached hydrogen (secondary N) is 1. The molecule has 4 rings (SSSR count). The third-order valence-corrected chi connectivity index (χ3v) is 5.25. The van der Waals surface area contributed by atoms with E-state index >= 15 is 0 Å². The Bertz CT molecular complexity index is 891. The molecule has 2 aromatic heterocycles. The van der Waals surface area contributed by atoms with Crippen LogP contribution in [0.25, 0.3) is 11.0 Å². The van der Waals surface area contributed by atoms with E-state index in [2.05, 4.69) is 52.0 Å². The van der Waals surface area contributed by atoms with Gasteiger partial charge in [0.05, 0.1) is 11.4 Å². The Morgan fingerprint density at radius 3 is 2.56 bits per heavy atom. The van der Waals surface area contributed by atoms with Crippen LogP contribution < -0.4 is 5.32 Å². The van der Waals surface area contributed by atoms with Crippen molar-refractivity contribution in [3.8, 4) is 0 Å². The first-order valence-corrected chi connectivity index (χ1v) is 9.25. The van der Waals surface area contributed by atoms with Crippen molar-refractivity contribution in [2.75, 3.05) is 5.32 Å². The topological polar surface area (TPSA) is 55.6 Å². The van der Waals surface area contributed by atoms with E-state index in [9.17, 15) is 0 Å². The monoisotopic (exact) mass is 355 g/mol. The number of benzene rings is 1. The average molecular weight is 356 g/mol. The van der Waals surface area contributed by atoms with Crippen molar-refractivity contribution >= 4 is 34.1 Å². The number of anilines is 2. The Balaban J connectivity index is 1.81. The molecular weight excluding hydrogens is 334 g/mol. The van der Waals surface area contributed by atoms with Crippen LogP contribution in [0.2, 0.25) is 5.28 Å². The van der Waals surface area contributed by atoms with Crippen LogP contribution in [0.4, 0.5) is 11.5 Å². The van der Waals surface area contributed by atoms with Gasteiger partial charge in [-0.3, -0.25) is 0 Å². The summed E-state index contributed by atoms with van der Waals surface area (Å²) in [5.41, 5.74) is 4.29. The molecule has 0 radical (unpaired) electrons. The molecule has 5 nitrogen and oxygen atoms in total. The summed E-state index contributed by atoms with van der Waals surface area (Å²) in [5, 5.41) is 9.56. The molecule has 0 unspecified atom stereocenters. The van der Waals surface area contributed by atoms with Gasteiger partial charge in [0.1, 0.15) is 0 Å². The standard InChI is InChI=1S/C19H22ClN5/c1-12-7-6-8-13(2)16(12)22-17-15-11-21-19(20)23-18(15)25(24-17)14-9-4-3-5-10-14/h6-8,11,14H,3-5,9-10H2,1-2H3,(H,22,24). The number of nitrogens with zero attached hydrogens (tertiary/aromatic N) is 4. The zero-order valence-electron chi connectivity index (χ0n) is 14.6. The lowest BCUT2D eigenvalue weighted by Crippen LogP contribution is -2.14. The first-order valence-electron chi connectivity index (χ1n) is 8.87. The molecule has 1 saturated carbocycles. The summed E-state index contributed by atoms with van der Waals surface area (Å²) >= 11 is 6.07. The van der Waals surface area contributed by atoms with Crippen molar-refractivity contribution in [3.63, 3.8) is 0 Å². The second-order valence-electron chi connectivity index (χ2n) is 6.85. The van der Waals surface area contributed by atoms with Crippen molar-refractivity contribution in [2.45, 2.75) is 52.0 Å². The van der Waals surface area contributed by atoms with E-state index in [-0.39, 0.29) is 5.28 Å². The van der Waals surface area contributed by atoms with Gasteiger partial charge in [-0.05, 0) is 49.4 Å². The van der Waals surface area contributed by atoms with Crippen LogP contribution in [0.15, 0.2) is 24.4 Å². The molecule has 1 aliphatic carbocycles. The number of fused-ring (bicyclic) bond motifs is 1. The lowest BCUT2D eigenvalue weighted by atomic mass is 9.96. The largest absolute Gasteiger partial charge is 0.338 e. The molecule has 1 aromatic carbocycles. The number of hydrogen-bond acceptors (Lipinski definition) is 4. The van der Waals surface area contributed by atoms with Gasteiger partial charge in [0.2, 0.25) is 5.28 Å². The summed E-state index contributed by atoms with van der Waals surface area (Å²) < 4.78 is 2.05. The fourth-order valence-electron chi connectivity index (χ4n) is 3.71. The van der Waals surface area contributed by atoms with Crippen molar-refractivity contribution < 1.29 is 0 Å². The van der Waals surface area contributed by atoms with E-state index in [0.29, 0.717) is 6.04 Å². The van der Waals surface area contributed by atoms with E-state index in [1.54, 1.807) is 6.20 Å². The number of rotatable bonds is 3. The summed E-state index contributed by atoms with van der Waals surface area (Å²) in [7, 11) is 0. The number of halogens is 1. The molecule has 0 amide bonds. The van der Waals surface area contributed by atoms with Gasteiger partial charge in [-0.25, -0.2) is 9.67 Å². The van der Waals surface area contributed by atoms with E-state index in [4.69, 9.17) is 16.7 Å². The van der Waals surface area contributed by atoms with Crippen LogP contribution >= 0.6 is 11.6 Å². The molecule has 25 heavy (non-hydrogen) atoms. The van der Waals surface area contributed by atoms with Crippen molar-refractivity contribution in [1.29, 1.82) is 0 Å². The minimum Gasteiger partial charge on any atom is -0.338 e. The van der Waals surface area contributed by atoms with Crippen molar-refractivity contribution in [3.05, 3.63) is 40.8 Å². The van der Waals surface area contributed by atoms with Crippen LogP contribution in [0.3, 0.4) is 0 Å². The molecular formula is C19H22ClN5. The molecule has 0 aliphatic heterocycles. The highest BCUT2D eigenvalue weighted by Gasteiger charge is 2.22. The van der Waals surface area contributed by atoms with Crippen LogP contribution in [-0.4, -0.2) is 19.7 Å². The highest BCUT2D eigenvalue weighted by atomic mass is 35.5. The summed E-state index contributed by atoms with van der Waals surface area (Å²) in [4.78, 5) is 8.65. The van der Waals surface area contributed by atoms with Crippen LogP contribution in [0.1, 0.15) is 49.3 Å². The molecule has 3 aromatic rings. The molecule has 0 bridgehead atoms. The van der Waals surface area contributed by atoms with Gasteiger partial charge < -0.3 is 5.32 Å². The van der Waals surface area contributed by atoms with Gasteiger partial charge >= 0.3 is 0 Å². The maximum atomic E-state index is 6.07. The van der Waals surface area contributed by atoms with Gasteiger partial charge in [-0.15, -0.1) is 0 Å². The highest BCUT2D eigenvalue weighted by molar-refractivity contribution is 6.28. The zero-order chi connectivity index (χ0) is 17.4. The first kappa shape index (κ1) is 16.3. The van der Waals surface area contributed by atoms with Crippen LogP contribution in [-0.2, 0) is 0 Å². The molecule has 1 aliphatic rings. The van der Waals surface area contributed by atoms with E-state index in [1.165, 1.54) is 30.4 Å². The summed E-state index contributed by atoms with van der Waals surface area (Å²) in [6, 6.07) is 6.65. The molecule has 1 N–H and O–H groups in total. The number of aryl methyl sites for hydroxylation is 2. The predicted octanol–water partition coefficient (Wildman–Crippen LogP) is 5.35. The third kappa shape index (κ3) is 3.09. The summed E-state index contributed by atoms with van der Waals surface area (Å²) in [5.74, 6) is 0.801. The van der Waals surface area contributed by atoms with Gasteiger partial charge in [-0.2, -0.15) is 10.1 Å². The van der Waals surface area contributed by atoms with Crippen molar-refractivity contribution in [1.82, 2.24) is 19.7 Å². The predicted molar refractivity (Wildman–Crippen MR) is 102 cm³/mol. The number of para-hydroxylation sites is 1. The van der Waals surface area contributed by atoms with Crippen LogP contribution in [0.5, 0.6) is 0 Å². The highest BCUT2D eigenvalue weighted by Crippen LogP contribution is 2.34. The quantitative estimate of drug-likeness (QED) is 0.644.